The van der Waals surface area contributed by atoms with Gasteiger partial charge >= 0.3 is 5.97 Å². The number of nitrogens with zero attached hydrogens (tertiary/aromatic N) is 1. The first-order chi connectivity index (χ1) is 18.5. The molecule has 6 nitrogen and oxygen atoms in total. The van der Waals surface area contributed by atoms with Crippen molar-refractivity contribution in [2.75, 3.05) is 0 Å². The van der Waals surface area contributed by atoms with Crippen molar-refractivity contribution < 1.29 is 23.5 Å². The molecule has 0 amide bonds. The second kappa shape index (κ2) is 12.1. The van der Waals surface area contributed by atoms with Crippen LogP contribution in [0.4, 0.5) is 4.39 Å². The molecule has 1 heterocycles. The lowest BCUT2D eigenvalue weighted by Crippen LogP contribution is -2.29. The first-order valence-corrected chi connectivity index (χ1v) is 13.9. The molecule has 39 heavy (non-hydrogen) atoms. The van der Waals surface area contributed by atoms with Gasteiger partial charge in [-0.2, -0.15) is 0 Å². The molecule has 0 saturated heterocycles. The van der Waals surface area contributed by atoms with Crippen molar-refractivity contribution in [3.63, 3.8) is 0 Å². The number of ether oxygens (including phenoxy) is 2. The van der Waals surface area contributed by atoms with Crippen LogP contribution in [0.5, 0.6) is 0 Å². The van der Waals surface area contributed by atoms with Gasteiger partial charge in [0.15, 0.2) is 0 Å². The lowest BCUT2D eigenvalue weighted by Gasteiger charge is -2.35. The zero-order chi connectivity index (χ0) is 28.3. The maximum atomic E-state index is 14.0. The number of rotatable bonds is 8. The van der Waals surface area contributed by atoms with Gasteiger partial charge in [0.25, 0.3) is 6.47 Å². The average Bonchev–Trinajstić information content (AvgIpc) is 3.34. The number of nitrogens with one attached hydrogen (secondary N) is 1. The van der Waals surface area contributed by atoms with Crippen molar-refractivity contribution in [3.05, 3.63) is 74.9 Å². The van der Waals surface area contributed by atoms with Crippen LogP contribution in [0.25, 0.3) is 11.3 Å². The number of hydrogen-bond donors (Lipinski definition) is 1. The van der Waals surface area contributed by atoms with E-state index >= 15 is 0 Å². The highest BCUT2D eigenvalue weighted by molar-refractivity contribution is 6.31. The highest BCUT2D eigenvalue weighted by Crippen LogP contribution is 2.48. The predicted octanol–water partition coefficient (Wildman–Crippen LogP) is 8.36. The molecule has 3 aromatic rings. The zero-order valence-electron chi connectivity index (χ0n) is 22.5. The van der Waals surface area contributed by atoms with Crippen molar-refractivity contribution >= 4 is 35.6 Å². The zero-order valence-corrected chi connectivity index (χ0v) is 24.0. The monoisotopic (exact) mass is 574 g/mol. The van der Waals surface area contributed by atoms with E-state index in [2.05, 4.69) is 4.98 Å². The summed E-state index contributed by atoms with van der Waals surface area (Å²) < 4.78 is 25.6. The summed E-state index contributed by atoms with van der Waals surface area (Å²) in [5, 5.41) is 0.393. The SMILES string of the molecule is Cc1cc(Cl)cc(C(OC=O)C(c2nc[nH]c2-c2ccc(F)c(Cl)c2)C2CCCCC2)c1C(=O)OC(C)(C)C. The standard InChI is InChI=1S/C30H33Cl2FN2O4/c1-17-12-20(31)14-21(24(17)29(37)39-30(2,3)4)28(38-16-36)25(18-8-6-5-7-9-18)27-26(34-15-35-27)19-10-11-23(33)22(32)13-19/h10-16,18,25,28H,5-9H2,1-4H3,(H,34,35). The van der Waals surface area contributed by atoms with Crippen LogP contribution in [0.3, 0.4) is 0 Å². The van der Waals surface area contributed by atoms with E-state index in [-0.39, 0.29) is 10.9 Å². The second-order valence-corrected chi connectivity index (χ2v) is 11.9. The average molecular weight is 576 g/mol. The normalized spacial score (nSPS) is 16.0. The Labute approximate surface area is 238 Å². The number of imidazole rings is 1. The number of H-pyrrole nitrogens is 1. The second-order valence-electron chi connectivity index (χ2n) is 11.1. The Hall–Kier alpha value is -2.90. The van der Waals surface area contributed by atoms with E-state index in [4.69, 9.17) is 37.7 Å². The van der Waals surface area contributed by atoms with Crippen LogP contribution < -0.4 is 0 Å². The Balaban J connectivity index is 1.92. The van der Waals surface area contributed by atoms with Crippen molar-refractivity contribution in [3.8, 4) is 11.3 Å². The van der Waals surface area contributed by atoms with Gasteiger partial charge in [0, 0.05) is 22.1 Å². The fourth-order valence-electron chi connectivity index (χ4n) is 5.56. The largest absolute Gasteiger partial charge is 0.459 e. The molecule has 1 N–H and O–H groups in total. The third kappa shape index (κ3) is 6.64. The summed E-state index contributed by atoms with van der Waals surface area (Å²) in [7, 11) is 0. The molecule has 0 radical (unpaired) electrons. The smallest absolute Gasteiger partial charge is 0.339 e. The van der Waals surface area contributed by atoms with Crippen LogP contribution in [0.2, 0.25) is 10.0 Å². The Morgan fingerprint density at radius 1 is 1.15 bits per heavy atom. The van der Waals surface area contributed by atoms with Gasteiger partial charge in [-0.3, -0.25) is 4.79 Å². The molecule has 0 bridgehead atoms. The number of esters is 1. The van der Waals surface area contributed by atoms with E-state index in [1.807, 2.05) is 0 Å². The number of carbonyl (C=O) groups excluding carboxylic acids is 2. The fraction of sp³-hybridized carbons (Fsp3) is 0.433. The third-order valence-corrected chi connectivity index (χ3v) is 7.63. The first-order valence-electron chi connectivity index (χ1n) is 13.1. The van der Waals surface area contributed by atoms with Crippen molar-refractivity contribution in [2.45, 2.75) is 77.4 Å². The Morgan fingerprint density at radius 2 is 1.87 bits per heavy atom. The minimum absolute atomic E-state index is 0.0133. The van der Waals surface area contributed by atoms with E-state index in [0.717, 1.165) is 32.1 Å². The number of benzene rings is 2. The predicted molar refractivity (Wildman–Crippen MR) is 150 cm³/mol. The van der Waals surface area contributed by atoms with Gasteiger partial charge in [-0.15, -0.1) is 0 Å². The van der Waals surface area contributed by atoms with Crippen LogP contribution in [-0.2, 0) is 14.3 Å². The van der Waals surface area contributed by atoms with E-state index < -0.39 is 29.4 Å². The van der Waals surface area contributed by atoms with Gasteiger partial charge < -0.3 is 14.5 Å². The van der Waals surface area contributed by atoms with E-state index in [0.29, 0.717) is 45.1 Å². The lowest BCUT2D eigenvalue weighted by molar-refractivity contribution is -0.136. The summed E-state index contributed by atoms with van der Waals surface area (Å²) in [6.07, 6.45) is 5.61. The third-order valence-electron chi connectivity index (χ3n) is 7.12. The number of hydrogen-bond acceptors (Lipinski definition) is 5. The van der Waals surface area contributed by atoms with Gasteiger partial charge in [0.2, 0.25) is 0 Å². The van der Waals surface area contributed by atoms with Crippen molar-refractivity contribution in [1.29, 1.82) is 0 Å². The molecular formula is C30H33Cl2FN2O4. The van der Waals surface area contributed by atoms with Gasteiger partial charge in [0.1, 0.15) is 17.5 Å². The van der Waals surface area contributed by atoms with E-state index in [1.54, 1.807) is 52.2 Å². The van der Waals surface area contributed by atoms with Crippen molar-refractivity contribution in [2.24, 2.45) is 5.92 Å². The quantitative estimate of drug-likeness (QED) is 0.216. The summed E-state index contributed by atoms with van der Waals surface area (Å²) in [5.41, 5.74) is 2.58. The first kappa shape index (κ1) is 29.1. The van der Waals surface area contributed by atoms with Crippen LogP contribution in [0.15, 0.2) is 36.7 Å². The molecule has 0 aliphatic heterocycles. The molecule has 1 aromatic heterocycles. The molecule has 2 unspecified atom stereocenters. The van der Waals surface area contributed by atoms with Gasteiger partial charge in [-0.25, -0.2) is 14.2 Å². The highest BCUT2D eigenvalue weighted by Gasteiger charge is 2.40. The van der Waals surface area contributed by atoms with Gasteiger partial charge in [-0.05, 0) is 82.3 Å². The minimum atomic E-state index is -0.886. The summed E-state index contributed by atoms with van der Waals surface area (Å²) in [6.45, 7) is 7.57. The number of aromatic nitrogens is 2. The maximum Gasteiger partial charge on any atom is 0.339 e. The lowest BCUT2D eigenvalue weighted by atomic mass is 9.73. The molecule has 1 saturated carbocycles. The topological polar surface area (TPSA) is 81.3 Å². The molecule has 4 rings (SSSR count). The van der Waals surface area contributed by atoms with Crippen LogP contribution >= 0.6 is 23.2 Å². The van der Waals surface area contributed by atoms with Crippen LogP contribution in [0.1, 0.15) is 92.1 Å². The number of aryl methyl sites for hydroxylation is 1. The molecular weight excluding hydrogens is 542 g/mol. The molecule has 2 atom stereocenters. The molecule has 1 aliphatic carbocycles. The molecule has 9 heteroatoms. The maximum absolute atomic E-state index is 14.0. The number of halogens is 3. The minimum Gasteiger partial charge on any atom is -0.459 e. The van der Waals surface area contributed by atoms with E-state index in [1.165, 1.54) is 12.1 Å². The Kier molecular flexibility index (Phi) is 9.02. The Morgan fingerprint density at radius 3 is 2.51 bits per heavy atom. The highest BCUT2D eigenvalue weighted by atomic mass is 35.5. The molecule has 208 valence electrons. The van der Waals surface area contributed by atoms with Gasteiger partial charge in [-0.1, -0.05) is 42.5 Å². The molecule has 2 aromatic carbocycles. The molecule has 1 aliphatic rings. The Bertz CT molecular complexity index is 1350. The van der Waals surface area contributed by atoms with E-state index in [9.17, 15) is 14.0 Å². The summed E-state index contributed by atoms with van der Waals surface area (Å²) in [6, 6.07) is 7.83. The fourth-order valence-corrected chi connectivity index (χ4v) is 6.02. The summed E-state index contributed by atoms with van der Waals surface area (Å²) in [5.74, 6) is -1.39. The number of aromatic amines is 1. The van der Waals surface area contributed by atoms with Crippen LogP contribution in [-0.4, -0.2) is 28.0 Å². The van der Waals surface area contributed by atoms with Crippen molar-refractivity contribution in [1.82, 2.24) is 9.97 Å². The van der Waals surface area contributed by atoms with Gasteiger partial charge in [0.05, 0.1) is 28.3 Å². The summed E-state index contributed by atoms with van der Waals surface area (Å²) >= 11 is 12.6. The molecule has 1 fully saturated rings. The van der Waals surface area contributed by atoms with Crippen LogP contribution in [0, 0.1) is 18.7 Å². The summed E-state index contributed by atoms with van der Waals surface area (Å²) in [4.78, 5) is 33.4. The number of carbonyl (C=O) groups is 2. The molecule has 0 spiro atoms.